The minimum Gasteiger partial charge on any atom is -0.347 e. The van der Waals surface area contributed by atoms with Crippen LogP contribution in [0.25, 0.3) is 5.69 Å². The van der Waals surface area contributed by atoms with E-state index in [1.807, 2.05) is 30.6 Å². The summed E-state index contributed by atoms with van der Waals surface area (Å²) in [4.78, 5) is 6.71. The molecule has 0 radical (unpaired) electrons. The van der Waals surface area contributed by atoms with Crippen LogP contribution in [0.3, 0.4) is 0 Å². The number of ether oxygens (including phenoxy) is 2. The first kappa shape index (κ1) is 19.4. The van der Waals surface area contributed by atoms with E-state index in [0.717, 1.165) is 49.0 Å². The largest absolute Gasteiger partial charge is 0.347 e. The van der Waals surface area contributed by atoms with Gasteiger partial charge in [0.25, 0.3) is 0 Å². The molecule has 0 unspecified atom stereocenters. The number of hydrogen-bond acceptors (Lipinski definition) is 6. The summed E-state index contributed by atoms with van der Waals surface area (Å²) in [5.41, 5.74) is 3.43. The molecule has 0 N–H and O–H groups in total. The molecule has 3 aromatic rings. The first-order chi connectivity index (χ1) is 15.2. The fourth-order valence-corrected chi connectivity index (χ4v) is 5.31. The van der Waals surface area contributed by atoms with E-state index in [0.29, 0.717) is 37.0 Å². The topological polar surface area (TPSA) is 65.3 Å². The first-order valence-electron chi connectivity index (χ1n) is 10.8. The zero-order valence-electron chi connectivity index (χ0n) is 17.2. The average Bonchev–Trinajstić information content (AvgIpc) is 3.49. The van der Waals surface area contributed by atoms with Crippen LogP contribution in [0.1, 0.15) is 35.1 Å². The summed E-state index contributed by atoms with van der Waals surface area (Å²) in [5.74, 6) is 1.55. The SMILES string of the molecule is Clc1ccc2c(c1)CC1(Cc3nnc([C@@H]4CCN(Cc5cccnc5)C4)n3-2)OCCO1. The Balaban J connectivity index is 1.34. The zero-order valence-corrected chi connectivity index (χ0v) is 18.0. The second kappa shape index (κ2) is 7.67. The third-order valence-electron chi connectivity index (χ3n) is 6.50. The standard InChI is InChI=1S/C23H24ClN5O2/c24-19-3-4-20-18(10-19)11-23(30-8-9-31-23)12-21-26-27-22(29(20)21)17-5-7-28(15-17)14-16-2-1-6-25-13-16/h1-4,6,10,13,17H,5,7-9,11-12,14-15H2/t17-/m1/s1. The molecular weight excluding hydrogens is 414 g/mol. The van der Waals surface area contributed by atoms with Crippen molar-refractivity contribution in [2.45, 2.75) is 37.5 Å². The molecule has 5 heterocycles. The summed E-state index contributed by atoms with van der Waals surface area (Å²) in [7, 11) is 0. The maximum Gasteiger partial charge on any atom is 0.179 e. The van der Waals surface area contributed by atoms with Gasteiger partial charge >= 0.3 is 0 Å². The van der Waals surface area contributed by atoms with Gasteiger partial charge in [0, 0.05) is 42.8 Å². The highest BCUT2D eigenvalue weighted by Crippen LogP contribution is 2.38. The first-order valence-corrected chi connectivity index (χ1v) is 11.2. The molecule has 2 saturated heterocycles. The van der Waals surface area contributed by atoms with Crippen LogP contribution in [0, 0.1) is 0 Å². The van der Waals surface area contributed by atoms with Gasteiger partial charge in [-0.15, -0.1) is 10.2 Å². The predicted octanol–water partition coefficient (Wildman–Crippen LogP) is 3.15. The lowest BCUT2D eigenvalue weighted by molar-refractivity contribution is -0.155. The minimum atomic E-state index is -0.681. The highest BCUT2D eigenvalue weighted by atomic mass is 35.5. The molecule has 31 heavy (non-hydrogen) atoms. The fourth-order valence-electron chi connectivity index (χ4n) is 5.12. The van der Waals surface area contributed by atoms with Gasteiger partial charge in [-0.2, -0.15) is 0 Å². The Morgan fingerprint density at radius 2 is 2.03 bits per heavy atom. The van der Waals surface area contributed by atoms with Crippen LogP contribution in [0.2, 0.25) is 5.02 Å². The van der Waals surface area contributed by atoms with Gasteiger partial charge in [0.05, 0.1) is 25.3 Å². The molecule has 2 aromatic heterocycles. The van der Waals surface area contributed by atoms with Crippen molar-refractivity contribution in [3.8, 4) is 5.69 Å². The second-order valence-electron chi connectivity index (χ2n) is 8.63. The fraction of sp³-hybridized carbons (Fsp3) is 0.435. The van der Waals surface area contributed by atoms with E-state index in [4.69, 9.17) is 21.1 Å². The lowest BCUT2D eigenvalue weighted by Gasteiger charge is -2.25. The van der Waals surface area contributed by atoms with E-state index in [1.165, 1.54) is 5.56 Å². The van der Waals surface area contributed by atoms with E-state index in [-0.39, 0.29) is 0 Å². The summed E-state index contributed by atoms with van der Waals surface area (Å²) in [6.45, 7) is 4.09. The van der Waals surface area contributed by atoms with Crippen molar-refractivity contribution in [1.82, 2.24) is 24.6 Å². The normalized spacial score (nSPS) is 22.4. The van der Waals surface area contributed by atoms with E-state index >= 15 is 0 Å². The van der Waals surface area contributed by atoms with Crippen LogP contribution >= 0.6 is 11.6 Å². The summed E-state index contributed by atoms with van der Waals surface area (Å²) < 4.78 is 14.4. The van der Waals surface area contributed by atoms with Gasteiger partial charge in [0.1, 0.15) is 11.6 Å². The second-order valence-corrected chi connectivity index (χ2v) is 9.06. The maximum absolute atomic E-state index is 6.36. The third kappa shape index (κ3) is 3.55. The number of rotatable bonds is 3. The molecule has 160 valence electrons. The Morgan fingerprint density at radius 1 is 1.13 bits per heavy atom. The maximum atomic E-state index is 6.36. The number of nitrogens with zero attached hydrogens (tertiary/aromatic N) is 5. The summed E-state index contributed by atoms with van der Waals surface area (Å²) in [5, 5.41) is 9.99. The van der Waals surface area contributed by atoms with E-state index in [9.17, 15) is 0 Å². The van der Waals surface area contributed by atoms with Gasteiger partial charge in [-0.25, -0.2) is 0 Å². The average molecular weight is 438 g/mol. The van der Waals surface area contributed by atoms with Crippen LogP contribution in [0.4, 0.5) is 0 Å². The minimum absolute atomic E-state index is 0.320. The van der Waals surface area contributed by atoms with Crippen molar-refractivity contribution < 1.29 is 9.47 Å². The molecule has 1 spiro atoms. The third-order valence-corrected chi connectivity index (χ3v) is 6.74. The number of halogens is 1. The molecule has 3 aliphatic heterocycles. The zero-order chi connectivity index (χ0) is 20.8. The number of benzene rings is 1. The van der Waals surface area contributed by atoms with Crippen LogP contribution in [-0.2, 0) is 28.9 Å². The number of likely N-dealkylation sites (tertiary alicyclic amines) is 1. The number of aromatic nitrogens is 4. The van der Waals surface area contributed by atoms with Crippen molar-refractivity contribution in [1.29, 1.82) is 0 Å². The van der Waals surface area contributed by atoms with Gasteiger partial charge in [0.2, 0.25) is 0 Å². The van der Waals surface area contributed by atoms with Crippen LogP contribution in [0.15, 0.2) is 42.7 Å². The van der Waals surface area contributed by atoms with Gasteiger partial charge in [-0.3, -0.25) is 14.5 Å². The lowest BCUT2D eigenvalue weighted by atomic mass is 10.0. The van der Waals surface area contributed by atoms with Crippen molar-refractivity contribution in [2.75, 3.05) is 26.3 Å². The molecule has 3 aliphatic rings. The Kier molecular flexibility index (Phi) is 4.79. The van der Waals surface area contributed by atoms with Crippen LogP contribution in [0.5, 0.6) is 0 Å². The molecular formula is C23H24ClN5O2. The molecule has 8 heteroatoms. The quantitative estimate of drug-likeness (QED) is 0.627. The summed E-state index contributed by atoms with van der Waals surface area (Å²) >= 11 is 6.36. The molecule has 2 fully saturated rings. The highest BCUT2D eigenvalue weighted by Gasteiger charge is 2.43. The van der Waals surface area contributed by atoms with E-state index < -0.39 is 5.79 Å². The summed E-state index contributed by atoms with van der Waals surface area (Å²) in [6.07, 6.45) is 6.05. The molecule has 0 bridgehead atoms. The van der Waals surface area contributed by atoms with Crippen LogP contribution < -0.4 is 0 Å². The van der Waals surface area contributed by atoms with Gasteiger partial charge in [0.15, 0.2) is 5.79 Å². The summed E-state index contributed by atoms with van der Waals surface area (Å²) in [6, 6.07) is 10.2. The molecule has 0 aliphatic carbocycles. The number of hydrogen-bond donors (Lipinski definition) is 0. The Labute approximate surface area is 186 Å². The van der Waals surface area contributed by atoms with Crippen molar-refractivity contribution in [3.63, 3.8) is 0 Å². The highest BCUT2D eigenvalue weighted by molar-refractivity contribution is 6.30. The molecule has 7 nitrogen and oxygen atoms in total. The predicted molar refractivity (Wildman–Crippen MR) is 115 cm³/mol. The molecule has 0 amide bonds. The Bertz CT molecular complexity index is 1100. The van der Waals surface area contributed by atoms with Gasteiger partial charge < -0.3 is 9.47 Å². The van der Waals surface area contributed by atoms with Crippen molar-refractivity contribution in [2.24, 2.45) is 0 Å². The Hall–Kier alpha value is -2.32. The van der Waals surface area contributed by atoms with Crippen LogP contribution in [-0.4, -0.2) is 56.7 Å². The monoisotopic (exact) mass is 437 g/mol. The van der Waals surface area contributed by atoms with Crippen molar-refractivity contribution in [3.05, 3.63) is 70.5 Å². The van der Waals surface area contributed by atoms with Gasteiger partial charge in [-0.1, -0.05) is 17.7 Å². The number of fused-ring (bicyclic) bond motifs is 3. The Morgan fingerprint density at radius 3 is 2.87 bits per heavy atom. The molecule has 0 saturated carbocycles. The van der Waals surface area contributed by atoms with E-state index in [2.05, 4.69) is 36.8 Å². The lowest BCUT2D eigenvalue weighted by Crippen LogP contribution is -2.35. The molecule has 1 aromatic carbocycles. The van der Waals surface area contributed by atoms with E-state index in [1.54, 1.807) is 0 Å². The van der Waals surface area contributed by atoms with Gasteiger partial charge in [-0.05, 0) is 48.4 Å². The van der Waals surface area contributed by atoms with Crippen molar-refractivity contribution >= 4 is 11.6 Å². The molecule has 6 rings (SSSR count). The molecule has 1 atom stereocenters. The smallest absolute Gasteiger partial charge is 0.179 e. The number of pyridine rings is 1.